The quantitative estimate of drug-likeness (QED) is 0.394. The van der Waals surface area contributed by atoms with Gasteiger partial charge in [-0.1, -0.05) is 6.92 Å². The van der Waals surface area contributed by atoms with Crippen LogP contribution in [0.1, 0.15) is 6.92 Å². The molecule has 2 nitrogen and oxygen atoms in total. The summed E-state index contributed by atoms with van der Waals surface area (Å²) in [5.41, 5.74) is 0. The minimum absolute atomic E-state index is 0. The van der Waals surface area contributed by atoms with Gasteiger partial charge in [-0.2, -0.15) is 0 Å². The third kappa shape index (κ3) is 11.5. The molecule has 0 N–H and O–H groups in total. The van der Waals surface area contributed by atoms with Crippen molar-refractivity contribution in [1.29, 1.82) is 0 Å². The number of piperazine rings is 1. The molecule has 0 unspecified atom stereocenters. The number of rotatable bonds is 1. The van der Waals surface area contributed by atoms with Gasteiger partial charge in [-0.3, -0.25) is 20.0 Å². The second-order valence-electron chi connectivity index (χ2n) is 2.80. The molecule has 0 aliphatic carbocycles. The summed E-state index contributed by atoms with van der Waals surface area (Å²) in [6, 6.07) is 0. The molecule has 14 heavy (non-hydrogen) atoms. The summed E-state index contributed by atoms with van der Waals surface area (Å²) in [7, 11) is 0.206. The number of halogens is 3. The van der Waals surface area contributed by atoms with Crippen LogP contribution in [0.2, 0.25) is 0 Å². The van der Waals surface area contributed by atoms with Crippen LogP contribution in [0.5, 0.6) is 0 Å². The predicted molar refractivity (Wildman–Crippen MR) is 48.1 cm³/mol. The first-order chi connectivity index (χ1) is 6.06. The van der Waals surface area contributed by atoms with Gasteiger partial charge in [0.1, 0.15) is 0 Å². The summed E-state index contributed by atoms with van der Waals surface area (Å²) in [4.78, 5) is 4.58. The fourth-order valence-corrected chi connectivity index (χ4v) is 1.11. The van der Waals surface area contributed by atoms with Crippen LogP contribution >= 0.6 is 0 Å². The van der Waals surface area contributed by atoms with Crippen LogP contribution in [0.15, 0.2) is 0 Å². The molecule has 0 aromatic rings. The predicted octanol–water partition coefficient (Wildman–Crippen LogP) is -1.70. The molecule has 0 aromatic carbocycles. The van der Waals surface area contributed by atoms with Crippen LogP contribution in [-0.2, 0) is 0 Å². The molecule has 1 rings (SSSR count). The molecule has 1 aliphatic heterocycles. The Balaban J connectivity index is 0. The molecule has 0 radical (unpaired) electrons. The fourth-order valence-electron chi connectivity index (χ4n) is 1.11. The zero-order valence-electron chi connectivity index (χ0n) is 8.85. The molecule has 1 heterocycles. The van der Waals surface area contributed by atoms with Gasteiger partial charge in [0.2, 0.25) is 0 Å². The maximum absolute atomic E-state index is 9.67. The first kappa shape index (κ1) is 17.8. The van der Waals surface area contributed by atoms with E-state index < -0.39 is 7.54 Å². The molecule has 78 valence electrons. The van der Waals surface area contributed by atoms with E-state index in [9.17, 15) is 12.9 Å². The molecule has 1 saturated heterocycles. The van der Waals surface area contributed by atoms with E-state index in [1.807, 2.05) is 0 Å². The zero-order chi connectivity index (χ0) is 10.3. The summed E-state index contributed by atoms with van der Waals surface area (Å²) < 4.78 is 29.0. The monoisotopic (exact) mass is 234 g/mol. The van der Waals surface area contributed by atoms with Gasteiger partial charge in [0.25, 0.3) is 0 Å². The van der Waals surface area contributed by atoms with E-state index in [0.717, 1.165) is 13.1 Å². The van der Waals surface area contributed by atoms with E-state index >= 15 is 0 Å². The van der Waals surface area contributed by atoms with E-state index in [2.05, 4.69) is 23.8 Å². The minimum atomic E-state index is -3.67. The van der Waals surface area contributed by atoms with Crippen molar-refractivity contribution in [2.24, 2.45) is 0 Å². The Morgan fingerprint density at radius 1 is 1.14 bits per heavy atom. The van der Waals surface area contributed by atoms with E-state index in [0.29, 0.717) is 0 Å². The van der Waals surface area contributed by atoms with Crippen molar-refractivity contribution in [3.63, 3.8) is 0 Å². The average Bonchev–Trinajstić information content (AvgIpc) is 2.05. The zero-order valence-corrected chi connectivity index (χ0v) is 12.0. The Hall–Kier alpha value is 1.41. The van der Waals surface area contributed by atoms with Gasteiger partial charge in [0.05, 0.1) is 0 Å². The summed E-state index contributed by atoms with van der Waals surface area (Å²) in [5.74, 6) is 0. The topological polar surface area (TPSA) is 6.48 Å². The van der Waals surface area contributed by atoms with Gasteiger partial charge in [-0.25, -0.2) is 0 Å². The summed E-state index contributed by atoms with van der Waals surface area (Å²) in [5, 5.41) is 0. The van der Waals surface area contributed by atoms with Crippen LogP contribution < -0.4 is 51.4 Å². The van der Waals surface area contributed by atoms with E-state index in [-0.39, 0.29) is 51.4 Å². The average molecular weight is 234 g/mol. The smallest absolute Gasteiger partial charge is 0.457 e. The van der Waals surface area contributed by atoms with Crippen molar-refractivity contribution < 1.29 is 64.3 Å². The Labute approximate surface area is 127 Å². The summed E-state index contributed by atoms with van der Waals surface area (Å²) in [6.45, 7) is 8.05. The molecule has 0 atom stereocenters. The fraction of sp³-hybridized carbons (Fsp3) is 0.857. The van der Waals surface area contributed by atoms with Gasteiger partial charge in [0.15, 0.2) is 0 Å². The van der Waals surface area contributed by atoms with Crippen molar-refractivity contribution in [2.75, 3.05) is 32.7 Å². The normalized spacial score (nSPS) is 17.8. The second-order valence-corrected chi connectivity index (χ2v) is 2.80. The maximum atomic E-state index is 9.67. The third-order valence-electron chi connectivity index (χ3n) is 1.91. The summed E-state index contributed by atoms with van der Waals surface area (Å²) in [6.07, 6.45) is 0. The van der Waals surface area contributed by atoms with Gasteiger partial charge in [-0.05, 0) is 19.6 Å². The van der Waals surface area contributed by atoms with E-state index in [1.54, 1.807) is 0 Å². The van der Waals surface area contributed by atoms with E-state index in [4.69, 9.17) is 0 Å². The molecule has 0 spiro atoms. The molecule has 0 amide bonds. The number of hydrogen-bond acceptors (Lipinski definition) is 2. The van der Waals surface area contributed by atoms with Gasteiger partial charge >= 0.3 is 58.9 Å². The van der Waals surface area contributed by atoms with Crippen LogP contribution in [0.4, 0.5) is 12.9 Å². The molecule has 1 aliphatic rings. The minimum Gasteiger partial charge on any atom is -0.457 e. The molecule has 0 aromatic heterocycles. The van der Waals surface area contributed by atoms with Crippen LogP contribution in [0.3, 0.4) is 0 Å². The van der Waals surface area contributed by atoms with Gasteiger partial charge in [0, 0.05) is 13.1 Å². The molecule has 7 heteroatoms. The van der Waals surface area contributed by atoms with Crippen LogP contribution in [0.25, 0.3) is 0 Å². The molecular formula is C7H15BF3KN2. The van der Waals surface area contributed by atoms with Crippen molar-refractivity contribution in [2.45, 2.75) is 6.92 Å². The summed E-state index contributed by atoms with van der Waals surface area (Å²) >= 11 is 0. The van der Waals surface area contributed by atoms with Crippen molar-refractivity contribution in [3.8, 4) is 0 Å². The van der Waals surface area contributed by atoms with Gasteiger partial charge < -0.3 is 9.80 Å². The van der Waals surface area contributed by atoms with Gasteiger partial charge in [-0.15, -0.1) is 0 Å². The second kappa shape index (κ2) is 10.9. The van der Waals surface area contributed by atoms with Crippen molar-refractivity contribution in [1.82, 2.24) is 9.80 Å². The molecule has 0 bridgehead atoms. The Bertz CT molecular complexity index is 121. The molecular weight excluding hydrogens is 219 g/mol. The third-order valence-corrected chi connectivity index (χ3v) is 1.91. The largest absolute Gasteiger partial charge is 1.00 e. The first-order valence-corrected chi connectivity index (χ1v) is 4.26. The van der Waals surface area contributed by atoms with Crippen molar-refractivity contribution in [3.05, 3.63) is 7.05 Å². The Morgan fingerprint density at radius 2 is 1.50 bits per heavy atom. The van der Waals surface area contributed by atoms with E-state index in [1.165, 1.54) is 19.6 Å². The Kier molecular flexibility index (Phi) is 13.9. The van der Waals surface area contributed by atoms with Crippen molar-refractivity contribution >= 4 is 7.54 Å². The maximum Gasteiger partial charge on any atom is 1.00 e. The van der Waals surface area contributed by atoms with Crippen LogP contribution in [-0.4, -0.2) is 50.1 Å². The molecule has 1 fully saturated rings. The van der Waals surface area contributed by atoms with Crippen LogP contribution in [0, 0.1) is 7.05 Å². The number of nitrogens with zero attached hydrogens (tertiary/aromatic N) is 2. The molecule has 0 saturated carbocycles. The first-order valence-electron chi connectivity index (χ1n) is 4.26. The standard InChI is InChI=1S/C7H15N2.BF3.K/c1-3-9-6-4-8(2)5-7-9;2-1(3)4;/h2-7H2,1H3;;/q-1;;+1. The number of hydrogen-bond donors (Lipinski definition) is 0. The Morgan fingerprint density at radius 3 is 1.79 bits per heavy atom. The SMILES string of the molecule is FB(F)F.[CH2-]N1CCN(CC)CC1.[K+]. The number of likely N-dealkylation sites (N-methyl/N-ethyl adjacent to an activating group) is 1.